The third kappa shape index (κ3) is 7.23. The molecule has 0 unspecified atom stereocenters. The van der Waals surface area contributed by atoms with Gasteiger partial charge in [-0.05, 0) is 87.8 Å². The summed E-state index contributed by atoms with van der Waals surface area (Å²) in [7, 11) is 0. The molecule has 0 atom stereocenters. The Hall–Kier alpha value is -7.26. The first-order valence-corrected chi connectivity index (χ1v) is 17.6. The van der Waals surface area contributed by atoms with Crippen LogP contribution in [-0.2, 0) is 9.47 Å². The zero-order chi connectivity index (χ0) is 37.7. The Morgan fingerprint density at radius 1 is 0.564 bits per heavy atom. The first-order chi connectivity index (χ1) is 27.0. The minimum absolute atomic E-state index is 0.00104. The third-order valence-corrected chi connectivity index (χ3v) is 9.24. The normalized spacial score (nSPS) is 11.1. The lowest BCUT2D eigenvalue weighted by atomic mass is 9.91. The molecule has 6 aromatic carbocycles. The van der Waals surface area contributed by atoms with Crippen LogP contribution < -0.4 is 14.9 Å². The van der Waals surface area contributed by atoms with Crippen molar-refractivity contribution in [2.24, 2.45) is 0 Å². The van der Waals surface area contributed by atoms with E-state index in [2.05, 4.69) is 6.07 Å². The molecule has 9 nitrogen and oxygen atoms in total. The Bertz CT molecular complexity index is 2690. The zero-order valence-electron chi connectivity index (χ0n) is 29.4. The lowest BCUT2D eigenvalue weighted by Crippen LogP contribution is -2.13. The van der Waals surface area contributed by atoms with Crippen molar-refractivity contribution in [3.63, 3.8) is 0 Å². The van der Waals surface area contributed by atoms with Crippen molar-refractivity contribution in [3.8, 4) is 33.9 Å². The molecule has 55 heavy (non-hydrogen) atoms. The van der Waals surface area contributed by atoms with Gasteiger partial charge in [0.2, 0.25) is 0 Å². The van der Waals surface area contributed by atoms with Gasteiger partial charge in [0.05, 0.1) is 11.1 Å². The second kappa shape index (κ2) is 15.4. The number of ether oxygens (including phenoxy) is 4. The van der Waals surface area contributed by atoms with E-state index in [1.807, 2.05) is 66.7 Å². The van der Waals surface area contributed by atoms with Crippen molar-refractivity contribution < 1.29 is 37.7 Å². The standard InChI is InChI=1S/C46H32O9/c47-28-29-13-16-33(17-14-29)51-21-23-53-45(49)38-12-6-5-11-37(38)43-39-19-15-32(48)26-41(39)55-42-27-34(18-20-40(42)43)52-22-24-54-46(50)44-35-9-3-1-7-30(35)25-31-8-2-4-10-36(31)44/h1-20,25-28H,21-24H2. The summed E-state index contributed by atoms with van der Waals surface area (Å²) >= 11 is 0. The largest absolute Gasteiger partial charge is 0.490 e. The maximum absolute atomic E-state index is 13.5. The zero-order valence-corrected chi connectivity index (χ0v) is 29.4. The van der Waals surface area contributed by atoms with Gasteiger partial charge in [-0.2, -0.15) is 0 Å². The molecule has 0 saturated carbocycles. The number of rotatable bonds is 12. The van der Waals surface area contributed by atoms with Gasteiger partial charge in [-0.15, -0.1) is 0 Å². The molecule has 1 aliphatic heterocycles. The van der Waals surface area contributed by atoms with Crippen LogP contribution in [0.2, 0.25) is 0 Å². The predicted octanol–water partition coefficient (Wildman–Crippen LogP) is 9.16. The molecular formula is C46H32O9. The molecule has 0 aromatic heterocycles. The number of hydrogen-bond acceptors (Lipinski definition) is 9. The molecule has 270 valence electrons. The molecule has 2 aliphatic rings. The lowest BCUT2D eigenvalue weighted by molar-refractivity contribution is 0.0445. The van der Waals surface area contributed by atoms with E-state index < -0.39 is 11.9 Å². The van der Waals surface area contributed by atoms with Crippen LogP contribution in [0.3, 0.4) is 0 Å². The molecule has 6 aromatic rings. The van der Waals surface area contributed by atoms with Gasteiger partial charge in [-0.25, -0.2) is 9.59 Å². The maximum Gasteiger partial charge on any atom is 0.339 e. The van der Waals surface area contributed by atoms with Crippen molar-refractivity contribution in [2.45, 2.75) is 0 Å². The van der Waals surface area contributed by atoms with Gasteiger partial charge in [0.15, 0.2) is 5.43 Å². The van der Waals surface area contributed by atoms with E-state index in [0.717, 1.165) is 27.8 Å². The first-order valence-electron chi connectivity index (χ1n) is 17.6. The molecule has 9 heteroatoms. The summed E-state index contributed by atoms with van der Waals surface area (Å²) in [5.74, 6) is 0.346. The van der Waals surface area contributed by atoms with Crippen LogP contribution in [0, 0.1) is 0 Å². The highest BCUT2D eigenvalue weighted by Crippen LogP contribution is 2.42. The predicted molar refractivity (Wildman–Crippen MR) is 209 cm³/mol. The highest BCUT2D eigenvalue weighted by molar-refractivity contribution is 6.16. The van der Waals surface area contributed by atoms with Gasteiger partial charge in [-0.3, -0.25) is 9.59 Å². The SMILES string of the molecule is O=Cc1ccc(OCCOC(=O)c2ccccc2-c2c3ccc(=O)cc-3oc3cc(OCCOC(=O)c4c5ccccc5cc5ccccc45)ccc23)cc1. The molecule has 0 amide bonds. The Balaban J connectivity index is 1.01. The van der Waals surface area contributed by atoms with Crippen LogP contribution in [0.15, 0.2) is 149 Å². The molecular weight excluding hydrogens is 696 g/mol. The van der Waals surface area contributed by atoms with Gasteiger partial charge in [0.1, 0.15) is 55.6 Å². The molecule has 1 aliphatic carbocycles. The highest BCUT2D eigenvalue weighted by atomic mass is 16.6. The van der Waals surface area contributed by atoms with Crippen LogP contribution in [0.5, 0.6) is 11.5 Å². The maximum atomic E-state index is 13.5. The van der Waals surface area contributed by atoms with Crippen LogP contribution in [-0.4, -0.2) is 44.7 Å². The van der Waals surface area contributed by atoms with Gasteiger partial charge in [0.25, 0.3) is 0 Å². The molecule has 0 fully saturated rings. The first kappa shape index (κ1) is 34.8. The van der Waals surface area contributed by atoms with E-state index in [4.69, 9.17) is 23.4 Å². The Morgan fingerprint density at radius 2 is 1.20 bits per heavy atom. The molecule has 0 N–H and O–H groups in total. The van der Waals surface area contributed by atoms with E-state index in [-0.39, 0.29) is 31.9 Å². The van der Waals surface area contributed by atoms with Crippen LogP contribution in [0.4, 0.5) is 0 Å². The molecule has 0 saturated heterocycles. The number of hydrogen-bond donors (Lipinski definition) is 0. The minimum Gasteiger partial charge on any atom is -0.490 e. The summed E-state index contributed by atoms with van der Waals surface area (Å²) in [4.78, 5) is 50.3. The Kier molecular flexibility index (Phi) is 9.73. The fourth-order valence-electron chi connectivity index (χ4n) is 6.72. The van der Waals surface area contributed by atoms with Crippen LogP contribution in [0.25, 0.3) is 55.0 Å². The summed E-state index contributed by atoms with van der Waals surface area (Å²) in [5.41, 5.74) is 3.45. The minimum atomic E-state index is -0.552. The fourth-order valence-corrected chi connectivity index (χ4v) is 6.72. The van der Waals surface area contributed by atoms with E-state index in [0.29, 0.717) is 61.6 Å². The molecule has 8 rings (SSSR count). The van der Waals surface area contributed by atoms with Crippen molar-refractivity contribution >= 4 is 50.7 Å². The third-order valence-electron chi connectivity index (χ3n) is 9.24. The number of carbonyl (C=O) groups excluding carboxylic acids is 3. The summed E-state index contributed by atoms with van der Waals surface area (Å²) in [6.07, 6.45) is 0.750. The average molecular weight is 729 g/mol. The molecule has 0 bridgehead atoms. The summed E-state index contributed by atoms with van der Waals surface area (Å²) in [6.45, 7) is 0.176. The van der Waals surface area contributed by atoms with Crippen LogP contribution >= 0.6 is 0 Å². The lowest BCUT2D eigenvalue weighted by Gasteiger charge is -2.18. The summed E-state index contributed by atoms with van der Waals surface area (Å²) in [6, 6.07) is 41.0. The Morgan fingerprint density at radius 3 is 1.93 bits per heavy atom. The summed E-state index contributed by atoms with van der Waals surface area (Å²) < 4.78 is 29.2. The number of carbonyl (C=O) groups is 3. The van der Waals surface area contributed by atoms with Gasteiger partial charge < -0.3 is 23.4 Å². The van der Waals surface area contributed by atoms with Gasteiger partial charge in [-0.1, -0.05) is 66.7 Å². The average Bonchev–Trinajstić information content (AvgIpc) is 3.22. The number of aldehydes is 1. The summed E-state index contributed by atoms with van der Waals surface area (Å²) in [5, 5.41) is 4.20. The molecule has 0 spiro atoms. The fraction of sp³-hybridized carbons (Fsp3) is 0.0870. The van der Waals surface area contributed by atoms with E-state index >= 15 is 0 Å². The monoisotopic (exact) mass is 728 g/mol. The number of benzene rings is 7. The van der Waals surface area contributed by atoms with E-state index in [1.165, 1.54) is 12.1 Å². The Labute approximate surface area is 314 Å². The van der Waals surface area contributed by atoms with Crippen LogP contribution in [0.1, 0.15) is 31.1 Å². The molecule has 1 heterocycles. The van der Waals surface area contributed by atoms with Crippen molar-refractivity contribution in [1.29, 1.82) is 0 Å². The van der Waals surface area contributed by atoms with Crippen molar-refractivity contribution in [1.82, 2.24) is 0 Å². The van der Waals surface area contributed by atoms with Crippen molar-refractivity contribution in [2.75, 3.05) is 26.4 Å². The van der Waals surface area contributed by atoms with Gasteiger partial charge in [0, 0.05) is 34.2 Å². The molecule has 0 radical (unpaired) electrons. The highest BCUT2D eigenvalue weighted by Gasteiger charge is 2.23. The second-order valence-corrected chi connectivity index (χ2v) is 12.7. The van der Waals surface area contributed by atoms with Crippen molar-refractivity contribution in [3.05, 3.63) is 166 Å². The van der Waals surface area contributed by atoms with Gasteiger partial charge >= 0.3 is 11.9 Å². The number of esters is 2. The topological polar surface area (TPSA) is 118 Å². The quantitative estimate of drug-likeness (QED) is 0.0525. The number of fused-ring (bicyclic) bond motifs is 4. The van der Waals surface area contributed by atoms with E-state index in [1.54, 1.807) is 54.6 Å². The van der Waals surface area contributed by atoms with E-state index in [9.17, 15) is 19.2 Å². The second-order valence-electron chi connectivity index (χ2n) is 12.7. The smallest absolute Gasteiger partial charge is 0.339 e.